The molecule has 100 valence electrons. The van der Waals surface area contributed by atoms with E-state index in [1.807, 2.05) is 0 Å². The van der Waals surface area contributed by atoms with Crippen molar-refractivity contribution in [2.75, 3.05) is 13.1 Å². The SMILES string of the molecule is CC(C)c1nnc(CN2CCC3(CCC3)C2)n1C. The molecular formula is C14H24N4. The lowest BCUT2D eigenvalue weighted by Crippen LogP contribution is -2.33. The van der Waals surface area contributed by atoms with Gasteiger partial charge in [-0.05, 0) is 31.2 Å². The topological polar surface area (TPSA) is 34.0 Å². The van der Waals surface area contributed by atoms with Gasteiger partial charge in [0, 0.05) is 19.5 Å². The third-order valence-corrected chi connectivity index (χ3v) is 4.81. The Morgan fingerprint density at radius 3 is 2.50 bits per heavy atom. The van der Waals surface area contributed by atoms with Gasteiger partial charge in [0.2, 0.25) is 0 Å². The van der Waals surface area contributed by atoms with Crippen LogP contribution < -0.4 is 0 Å². The highest BCUT2D eigenvalue weighted by molar-refractivity contribution is 5.01. The van der Waals surface area contributed by atoms with Crippen LogP contribution >= 0.6 is 0 Å². The van der Waals surface area contributed by atoms with Gasteiger partial charge in [0.25, 0.3) is 0 Å². The number of rotatable bonds is 3. The van der Waals surface area contributed by atoms with Crippen molar-refractivity contribution in [3.63, 3.8) is 0 Å². The summed E-state index contributed by atoms with van der Waals surface area (Å²) in [6.45, 7) is 7.83. The van der Waals surface area contributed by atoms with E-state index in [1.54, 1.807) is 0 Å². The van der Waals surface area contributed by atoms with Gasteiger partial charge in [-0.25, -0.2) is 0 Å². The molecule has 1 aromatic heterocycles. The normalized spacial score (nSPS) is 22.9. The molecule has 1 aliphatic carbocycles. The molecular weight excluding hydrogens is 224 g/mol. The Hall–Kier alpha value is -0.900. The van der Waals surface area contributed by atoms with Crippen molar-refractivity contribution in [1.29, 1.82) is 0 Å². The van der Waals surface area contributed by atoms with E-state index in [1.165, 1.54) is 38.8 Å². The Bertz CT molecular complexity index is 431. The quantitative estimate of drug-likeness (QED) is 0.823. The Labute approximate surface area is 109 Å². The highest BCUT2D eigenvalue weighted by Crippen LogP contribution is 2.48. The average Bonchev–Trinajstić information content (AvgIpc) is 2.84. The van der Waals surface area contributed by atoms with Crippen molar-refractivity contribution in [2.45, 2.75) is 52.0 Å². The van der Waals surface area contributed by atoms with Crippen LogP contribution in [-0.4, -0.2) is 32.8 Å². The van der Waals surface area contributed by atoms with Crippen LogP contribution in [0.2, 0.25) is 0 Å². The monoisotopic (exact) mass is 248 g/mol. The van der Waals surface area contributed by atoms with E-state index in [2.05, 4.69) is 40.6 Å². The summed E-state index contributed by atoms with van der Waals surface area (Å²) in [7, 11) is 2.10. The molecule has 1 saturated heterocycles. The van der Waals surface area contributed by atoms with E-state index in [9.17, 15) is 0 Å². The fourth-order valence-corrected chi connectivity index (χ4v) is 3.46. The summed E-state index contributed by atoms with van der Waals surface area (Å²) in [5, 5.41) is 8.68. The van der Waals surface area contributed by atoms with E-state index in [0.717, 1.165) is 18.2 Å². The number of hydrogen-bond donors (Lipinski definition) is 0. The van der Waals surface area contributed by atoms with Gasteiger partial charge in [-0.1, -0.05) is 20.3 Å². The fraction of sp³-hybridized carbons (Fsp3) is 0.857. The molecule has 0 unspecified atom stereocenters. The van der Waals surface area contributed by atoms with E-state index in [-0.39, 0.29) is 0 Å². The molecule has 2 aliphatic rings. The van der Waals surface area contributed by atoms with Crippen molar-refractivity contribution < 1.29 is 0 Å². The van der Waals surface area contributed by atoms with Gasteiger partial charge < -0.3 is 4.57 Å². The molecule has 0 N–H and O–H groups in total. The molecule has 0 radical (unpaired) electrons. The second kappa shape index (κ2) is 4.34. The summed E-state index contributed by atoms with van der Waals surface area (Å²) in [6, 6.07) is 0. The smallest absolute Gasteiger partial charge is 0.146 e. The Kier molecular flexibility index (Phi) is 2.93. The number of likely N-dealkylation sites (tertiary alicyclic amines) is 1. The van der Waals surface area contributed by atoms with Gasteiger partial charge in [0.05, 0.1) is 6.54 Å². The van der Waals surface area contributed by atoms with E-state index in [4.69, 9.17) is 0 Å². The van der Waals surface area contributed by atoms with Crippen LogP contribution in [0.25, 0.3) is 0 Å². The molecule has 1 aliphatic heterocycles. The number of aromatic nitrogens is 3. The number of hydrogen-bond acceptors (Lipinski definition) is 3. The second-order valence-corrected chi connectivity index (χ2v) is 6.50. The van der Waals surface area contributed by atoms with Gasteiger partial charge in [0.1, 0.15) is 11.6 Å². The molecule has 0 aromatic carbocycles. The van der Waals surface area contributed by atoms with E-state index < -0.39 is 0 Å². The maximum atomic E-state index is 4.36. The molecule has 1 saturated carbocycles. The molecule has 0 amide bonds. The second-order valence-electron chi connectivity index (χ2n) is 6.50. The molecule has 0 bridgehead atoms. The minimum absolute atomic E-state index is 0.452. The van der Waals surface area contributed by atoms with E-state index >= 15 is 0 Å². The van der Waals surface area contributed by atoms with Gasteiger partial charge in [-0.3, -0.25) is 4.90 Å². The molecule has 1 spiro atoms. The predicted molar refractivity (Wildman–Crippen MR) is 71.3 cm³/mol. The van der Waals surface area contributed by atoms with Gasteiger partial charge >= 0.3 is 0 Å². The lowest BCUT2D eigenvalue weighted by molar-refractivity contribution is 0.136. The summed E-state index contributed by atoms with van der Waals surface area (Å²) >= 11 is 0. The lowest BCUT2D eigenvalue weighted by atomic mass is 9.68. The van der Waals surface area contributed by atoms with Gasteiger partial charge in [-0.2, -0.15) is 0 Å². The Morgan fingerprint density at radius 1 is 1.22 bits per heavy atom. The van der Waals surface area contributed by atoms with Gasteiger partial charge in [-0.15, -0.1) is 10.2 Å². The highest BCUT2D eigenvalue weighted by Gasteiger charge is 2.42. The predicted octanol–water partition coefficient (Wildman–Crippen LogP) is 2.31. The Morgan fingerprint density at radius 2 is 2.00 bits per heavy atom. The standard InChI is InChI=1S/C14H24N4/c1-11(2)13-16-15-12(17(13)3)9-18-8-7-14(10-18)5-4-6-14/h11H,4-10H2,1-3H3. The third-order valence-electron chi connectivity index (χ3n) is 4.81. The summed E-state index contributed by atoms with van der Waals surface area (Å²) in [4.78, 5) is 2.56. The van der Waals surface area contributed by atoms with Crippen LogP contribution in [0.1, 0.15) is 57.1 Å². The molecule has 0 atom stereocenters. The summed E-state index contributed by atoms with van der Waals surface area (Å²) in [5.41, 5.74) is 0.680. The zero-order valence-corrected chi connectivity index (χ0v) is 11.8. The molecule has 2 fully saturated rings. The van der Waals surface area contributed by atoms with Crippen molar-refractivity contribution in [1.82, 2.24) is 19.7 Å². The average molecular weight is 248 g/mol. The van der Waals surface area contributed by atoms with Crippen molar-refractivity contribution >= 4 is 0 Å². The van der Waals surface area contributed by atoms with Crippen molar-refractivity contribution in [3.8, 4) is 0 Å². The van der Waals surface area contributed by atoms with Crippen LogP contribution in [0.4, 0.5) is 0 Å². The van der Waals surface area contributed by atoms with Crippen molar-refractivity contribution in [3.05, 3.63) is 11.6 Å². The van der Waals surface area contributed by atoms with Crippen LogP contribution in [0.3, 0.4) is 0 Å². The first kappa shape index (κ1) is 12.2. The van der Waals surface area contributed by atoms with Crippen LogP contribution in [0, 0.1) is 5.41 Å². The molecule has 2 heterocycles. The van der Waals surface area contributed by atoms with Crippen molar-refractivity contribution in [2.24, 2.45) is 12.5 Å². The maximum absolute atomic E-state index is 4.36. The number of nitrogens with zero attached hydrogens (tertiary/aromatic N) is 4. The summed E-state index contributed by atoms with van der Waals surface area (Å²) in [6.07, 6.45) is 5.72. The van der Waals surface area contributed by atoms with Gasteiger partial charge in [0.15, 0.2) is 0 Å². The molecule has 3 rings (SSSR count). The minimum atomic E-state index is 0.452. The summed E-state index contributed by atoms with van der Waals surface area (Å²) < 4.78 is 2.18. The first-order chi connectivity index (χ1) is 8.60. The van der Waals surface area contributed by atoms with E-state index in [0.29, 0.717) is 11.3 Å². The first-order valence-electron chi connectivity index (χ1n) is 7.20. The molecule has 4 nitrogen and oxygen atoms in total. The molecule has 18 heavy (non-hydrogen) atoms. The third kappa shape index (κ3) is 1.96. The lowest BCUT2D eigenvalue weighted by Gasteiger charge is -2.38. The first-order valence-corrected chi connectivity index (χ1v) is 7.20. The fourth-order valence-electron chi connectivity index (χ4n) is 3.46. The Balaban J connectivity index is 1.66. The largest absolute Gasteiger partial charge is 0.317 e. The minimum Gasteiger partial charge on any atom is -0.317 e. The molecule has 1 aromatic rings. The zero-order chi connectivity index (χ0) is 12.8. The molecule has 4 heteroatoms. The maximum Gasteiger partial charge on any atom is 0.146 e. The van der Waals surface area contributed by atoms with Crippen LogP contribution in [0.15, 0.2) is 0 Å². The highest BCUT2D eigenvalue weighted by atomic mass is 15.3. The summed E-state index contributed by atoms with van der Waals surface area (Å²) in [5.74, 6) is 2.67. The zero-order valence-electron chi connectivity index (χ0n) is 11.8. The van der Waals surface area contributed by atoms with Crippen LogP contribution in [0.5, 0.6) is 0 Å². The van der Waals surface area contributed by atoms with Crippen LogP contribution in [-0.2, 0) is 13.6 Å².